The van der Waals surface area contributed by atoms with E-state index in [1.807, 2.05) is 31.2 Å². The maximum absolute atomic E-state index is 11.7. The molecule has 5 heteroatoms. The average Bonchev–Trinajstić information content (AvgIpc) is 2.53. The van der Waals surface area contributed by atoms with Crippen LogP contribution < -0.4 is 10.1 Å². The predicted octanol–water partition coefficient (Wildman–Crippen LogP) is 2.37. The number of aromatic nitrogens is 2. The Kier molecular flexibility index (Phi) is 5.70. The number of unbranched alkanes of at least 4 members (excludes halogenated alkanes) is 1. The second kappa shape index (κ2) is 7.99. The quantitative estimate of drug-likeness (QED) is 0.793. The van der Waals surface area contributed by atoms with Crippen molar-refractivity contribution in [1.82, 2.24) is 15.3 Å². The van der Waals surface area contributed by atoms with Gasteiger partial charge in [-0.15, -0.1) is 0 Å². The third-order valence-corrected chi connectivity index (χ3v) is 2.94. The first kappa shape index (κ1) is 15.0. The number of aryl methyl sites for hydroxylation is 1. The summed E-state index contributed by atoms with van der Waals surface area (Å²) < 4.78 is 5.62. The van der Waals surface area contributed by atoms with Gasteiger partial charge in [0.05, 0.1) is 12.8 Å². The van der Waals surface area contributed by atoms with Crippen LogP contribution in [0.3, 0.4) is 0 Å². The summed E-state index contributed by atoms with van der Waals surface area (Å²) in [6, 6.07) is 7.98. The molecule has 0 aliphatic carbocycles. The lowest BCUT2D eigenvalue weighted by Crippen LogP contribution is -2.25. The monoisotopic (exact) mass is 285 g/mol. The number of hydrogen-bond donors (Lipinski definition) is 1. The van der Waals surface area contributed by atoms with Gasteiger partial charge in [0.25, 0.3) is 5.91 Å². The fourth-order valence-electron chi connectivity index (χ4n) is 1.76. The van der Waals surface area contributed by atoms with Crippen LogP contribution in [-0.2, 0) is 0 Å². The van der Waals surface area contributed by atoms with Gasteiger partial charge in [0, 0.05) is 18.9 Å². The van der Waals surface area contributed by atoms with Crippen molar-refractivity contribution in [3.05, 3.63) is 54.1 Å². The molecule has 0 bridgehead atoms. The number of nitrogens with one attached hydrogen (secondary N) is 1. The Morgan fingerprint density at radius 2 is 2.00 bits per heavy atom. The minimum absolute atomic E-state index is 0.192. The van der Waals surface area contributed by atoms with Gasteiger partial charge in [0.2, 0.25) is 0 Å². The molecule has 1 aromatic carbocycles. The van der Waals surface area contributed by atoms with Crippen molar-refractivity contribution >= 4 is 5.91 Å². The molecular formula is C16H19N3O2. The third kappa shape index (κ3) is 5.22. The van der Waals surface area contributed by atoms with Gasteiger partial charge in [-0.3, -0.25) is 9.78 Å². The molecule has 0 aliphatic rings. The van der Waals surface area contributed by atoms with E-state index in [0.29, 0.717) is 18.8 Å². The minimum atomic E-state index is -0.192. The molecule has 0 spiro atoms. The van der Waals surface area contributed by atoms with E-state index in [2.05, 4.69) is 15.3 Å². The van der Waals surface area contributed by atoms with Crippen LogP contribution in [0.1, 0.15) is 28.9 Å². The van der Waals surface area contributed by atoms with Gasteiger partial charge in [0.1, 0.15) is 11.4 Å². The maximum Gasteiger partial charge on any atom is 0.271 e. The van der Waals surface area contributed by atoms with Crippen LogP contribution in [-0.4, -0.2) is 29.0 Å². The largest absolute Gasteiger partial charge is 0.494 e. The smallest absolute Gasteiger partial charge is 0.271 e. The van der Waals surface area contributed by atoms with Crippen molar-refractivity contribution in [2.45, 2.75) is 19.8 Å². The molecule has 0 atom stereocenters. The normalized spacial score (nSPS) is 10.1. The van der Waals surface area contributed by atoms with Crippen molar-refractivity contribution in [3.8, 4) is 5.75 Å². The molecule has 1 aromatic heterocycles. The van der Waals surface area contributed by atoms with Crippen molar-refractivity contribution in [2.24, 2.45) is 0 Å². The van der Waals surface area contributed by atoms with E-state index in [4.69, 9.17) is 4.74 Å². The van der Waals surface area contributed by atoms with E-state index in [1.165, 1.54) is 18.0 Å². The number of ether oxygens (including phenoxy) is 1. The van der Waals surface area contributed by atoms with Gasteiger partial charge >= 0.3 is 0 Å². The Morgan fingerprint density at radius 1 is 1.19 bits per heavy atom. The number of carbonyl (C=O) groups excluding carboxylic acids is 1. The van der Waals surface area contributed by atoms with Gasteiger partial charge in [0.15, 0.2) is 0 Å². The van der Waals surface area contributed by atoms with Crippen molar-refractivity contribution in [1.29, 1.82) is 0 Å². The summed E-state index contributed by atoms with van der Waals surface area (Å²) in [5, 5.41) is 2.81. The molecule has 1 amide bonds. The fraction of sp³-hybridized carbons (Fsp3) is 0.312. The Hall–Kier alpha value is -2.43. The van der Waals surface area contributed by atoms with E-state index in [1.54, 1.807) is 6.20 Å². The lowest BCUT2D eigenvalue weighted by molar-refractivity contribution is 0.0947. The molecule has 1 N–H and O–H groups in total. The summed E-state index contributed by atoms with van der Waals surface area (Å²) in [6.07, 6.45) is 6.24. The molecule has 5 nitrogen and oxygen atoms in total. The summed E-state index contributed by atoms with van der Waals surface area (Å²) in [7, 11) is 0. The Bertz CT molecular complexity index is 555. The van der Waals surface area contributed by atoms with Crippen LogP contribution in [0.25, 0.3) is 0 Å². The van der Waals surface area contributed by atoms with Crippen LogP contribution in [0.2, 0.25) is 0 Å². The van der Waals surface area contributed by atoms with Gasteiger partial charge in [-0.05, 0) is 31.9 Å². The first-order chi connectivity index (χ1) is 10.3. The van der Waals surface area contributed by atoms with Gasteiger partial charge in [-0.2, -0.15) is 0 Å². The Morgan fingerprint density at radius 3 is 2.71 bits per heavy atom. The van der Waals surface area contributed by atoms with Gasteiger partial charge in [-0.1, -0.05) is 17.7 Å². The van der Waals surface area contributed by atoms with Crippen molar-refractivity contribution in [2.75, 3.05) is 13.2 Å². The van der Waals surface area contributed by atoms with Crippen LogP contribution in [0, 0.1) is 6.92 Å². The van der Waals surface area contributed by atoms with Crippen molar-refractivity contribution < 1.29 is 9.53 Å². The molecule has 2 aromatic rings. The third-order valence-electron chi connectivity index (χ3n) is 2.94. The maximum atomic E-state index is 11.7. The molecule has 1 heterocycles. The van der Waals surface area contributed by atoms with Crippen LogP contribution in [0.15, 0.2) is 42.9 Å². The van der Waals surface area contributed by atoms with E-state index in [0.717, 1.165) is 18.6 Å². The van der Waals surface area contributed by atoms with Gasteiger partial charge in [-0.25, -0.2) is 4.98 Å². The second-order valence-corrected chi connectivity index (χ2v) is 4.72. The van der Waals surface area contributed by atoms with Crippen LogP contribution in [0.5, 0.6) is 5.75 Å². The summed E-state index contributed by atoms with van der Waals surface area (Å²) in [4.78, 5) is 19.5. The molecule has 0 saturated carbocycles. The molecular weight excluding hydrogens is 266 g/mol. The second-order valence-electron chi connectivity index (χ2n) is 4.72. The predicted molar refractivity (Wildman–Crippen MR) is 80.3 cm³/mol. The number of nitrogens with zero attached hydrogens (tertiary/aromatic N) is 2. The topological polar surface area (TPSA) is 64.1 Å². The Labute approximate surface area is 124 Å². The molecule has 0 saturated heterocycles. The summed E-state index contributed by atoms with van der Waals surface area (Å²) in [6.45, 7) is 3.29. The molecule has 0 radical (unpaired) electrons. The molecule has 0 aliphatic heterocycles. The van der Waals surface area contributed by atoms with E-state index >= 15 is 0 Å². The number of amides is 1. The Balaban J connectivity index is 1.58. The van der Waals surface area contributed by atoms with E-state index in [9.17, 15) is 4.79 Å². The zero-order valence-corrected chi connectivity index (χ0v) is 12.1. The first-order valence-corrected chi connectivity index (χ1v) is 6.99. The summed E-state index contributed by atoms with van der Waals surface area (Å²) in [5.41, 5.74) is 1.56. The lowest BCUT2D eigenvalue weighted by atomic mass is 10.2. The average molecular weight is 285 g/mol. The highest BCUT2D eigenvalue weighted by Gasteiger charge is 2.05. The minimum Gasteiger partial charge on any atom is -0.494 e. The molecule has 0 fully saturated rings. The highest BCUT2D eigenvalue weighted by Crippen LogP contribution is 2.11. The SMILES string of the molecule is Cc1ccc(OCCCCNC(=O)c2cnccn2)cc1. The standard InChI is InChI=1S/C16H19N3O2/c1-13-4-6-14(7-5-13)21-11-3-2-8-19-16(20)15-12-17-9-10-18-15/h4-7,9-10,12H,2-3,8,11H2,1H3,(H,19,20). The molecule has 2 rings (SSSR count). The number of hydrogen-bond acceptors (Lipinski definition) is 4. The number of rotatable bonds is 7. The summed E-state index contributed by atoms with van der Waals surface area (Å²) >= 11 is 0. The fourth-order valence-corrected chi connectivity index (χ4v) is 1.76. The highest BCUT2D eigenvalue weighted by molar-refractivity contribution is 5.91. The van der Waals surface area contributed by atoms with Gasteiger partial charge < -0.3 is 10.1 Å². The van der Waals surface area contributed by atoms with Crippen molar-refractivity contribution in [3.63, 3.8) is 0 Å². The van der Waals surface area contributed by atoms with Crippen LogP contribution in [0.4, 0.5) is 0 Å². The lowest BCUT2D eigenvalue weighted by Gasteiger charge is -2.07. The molecule has 21 heavy (non-hydrogen) atoms. The first-order valence-electron chi connectivity index (χ1n) is 6.99. The zero-order chi connectivity index (χ0) is 14.9. The zero-order valence-electron chi connectivity index (χ0n) is 12.1. The van der Waals surface area contributed by atoms with Crippen LogP contribution >= 0.6 is 0 Å². The molecule has 110 valence electrons. The summed E-state index contributed by atoms with van der Waals surface area (Å²) in [5.74, 6) is 0.687. The highest BCUT2D eigenvalue weighted by atomic mass is 16.5. The van der Waals surface area contributed by atoms with E-state index in [-0.39, 0.29) is 5.91 Å². The number of carbonyl (C=O) groups is 1. The van der Waals surface area contributed by atoms with E-state index < -0.39 is 0 Å². The number of benzene rings is 1. The molecule has 0 unspecified atom stereocenters.